The summed E-state index contributed by atoms with van der Waals surface area (Å²) in [6.45, 7) is 9.40. The first-order valence-electron chi connectivity index (χ1n) is 14.4. The summed E-state index contributed by atoms with van der Waals surface area (Å²) in [7, 11) is 2.14. The number of likely N-dealkylation sites (tertiary alicyclic amines) is 1. The van der Waals surface area contributed by atoms with Gasteiger partial charge in [0.15, 0.2) is 5.82 Å². The smallest absolute Gasteiger partial charge is 0.435 e. The number of halogens is 1. The molecular weight excluding hydrogens is 533 g/mol. The largest absolute Gasteiger partial charge is 0.442 e. The van der Waals surface area contributed by atoms with E-state index in [1.165, 1.54) is 11.6 Å². The molecule has 0 saturated carbocycles. The first-order valence-corrected chi connectivity index (χ1v) is 14.4. The van der Waals surface area contributed by atoms with E-state index in [0.29, 0.717) is 40.2 Å². The standard InChI is InChI=1S/C33H38FN5O3/c1-6-21-8-7-9-27(34)29(21)35-25-14-15-26-28(20-25)39(32(41)42-33(2,3)4)37-30(26)36-31(40)24-12-10-22(11-13-24)23-16-18-38(5)19-17-23/h7-15,20,23,35H,6,16-19H2,1-5H3,(H,36,37,40). The van der Waals surface area contributed by atoms with Crippen molar-refractivity contribution in [3.05, 3.63) is 83.2 Å². The third-order valence-electron chi connectivity index (χ3n) is 7.59. The second kappa shape index (κ2) is 11.9. The van der Waals surface area contributed by atoms with Crippen LogP contribution in [0.25, 0.3) is 10.9 Å². The number of rotatable bonds is 6. The van der Waals surface area contributed by atoms with Crippen LogP contribution in [0.4, 0.5) is 26.4 Å². The number of nitrogens with zero attached hydrogens (tertiary/aromatic N) is 3. The van der Waals surface area contributed by atoms with Gasteiger partial charge in [-0.1, -0.05) is 31.2 Å². The molecular formula is C33H38FN5O3. The Kier molecular flexibility index (Phi) is 8.31. The van der Waals surface area contributed by atoms with Crippen molar-refractivity contribution in [2.75, 3.05) is 30.8 Å². The van der Waals surface area contributed by atoms with Gasteiger partial charge in [-0.3, -0.25) is 4.79 Å². The molecule has 2 heterocycles. The van der Waals surface area contributed by atoms with Gasteiger partial charge in [-0.15, -0.1) is 5.10 Å². The van der Waals surface area contributed by atoms with Gasteiger partial charge in [-0.05, 0) is 114 Å². The molecule has 0 spiro atoms. The molecule has 0 aliphatic carbocycles. The van der Waals surface area contributed by atoms with E-state index in [-0.39, 0.29) is 17.5 Å². The van der Waals surface area contributed by atoms with Crippen molar-refractivity contribution in [2.24, 2.45) is 0 Å². The van der Waals surface area contributed by atoms with Crippen molar-refractivity contribution < 1.29 is 18.7 Å². The van der Waals surface area contributed by atoms with Crippen molar-refractivity contribution in [1.29, 1.82) is 0 Å². The van der Waals surface area contributed by atoms with Crippen molar-refractivity contribution >= 4 is 40.1 Å². The highest BCUT2D eigenvalue weighted by Gasteiger charge is 2.24. The number of hydrogen-bond acceptors (Lipinski definition) is 6. The molecule has 42 heavy (non-hydrogen) atoms. The van der Waals surface area contributed by atoms with Gasteiger partial charge in [-0.25, -0.2) is 9.18 Å². The number of ether oxygens (including phenoxy) is 1. The van der Waals surface area contributed by atoms with Gasteiger partial charge in [0, 0.05) is 16.6 Å². The number of aromatic nitrogens is 2. The van der Waals surface area contributed by atoms with Crippen molar-refractivity contribution in [3.63, 3.8) is 0 Å². The second-order valence-corrected chi connectivity index (χ2v) is 11.9. The number of benzene rings is 3. The van der Waals surface area contributed by atoms with Gasteiger partial charge in [0.25, 0.3) is 5.91 Å². The lowest BCUT2D eigenvalue weighted by molar-refractivity contribution is 0.0522. The normalized spacial score (nSPS) is 14.6. The average molecular weight is 572 g/mol. The minimum atomic E-state index is -0.757. The van der Waals surface area contributed by atoms with Crippen LogP contribution in [-0.2, 0) is 11.2 Å². The number of hydrogen-bond donors (Lipinski definition) is 2. The third kappa shape index (κ3) is 6.46. The maximum absolute atomic E-state index is 14.7. The molecule has 1 amide bonds. The van der Waals surface area contributed by atoms with Gasteiger partial charge in [0.1, 0.15) is 11.4 Å². The number of fused-ring (bicyclic) bond motifs is 1. The second-order valence-electron chi connectivity index (χ2n) is 11.9. The number of amides is 1. The average Bonchev–Trinajstić information content (AvgIpc) is 3.31. The van der Waals surface area contributed by atoms with Crippen LogP contribution in [0.3, 0.4) is 0 Å². The van der Waals surface area contributed by atoms with Gasteiger partial charge in [0.2, 0.25) is 0 Å². The Morgan fingerprint density at radius 2 is 1.76 bits per heavy atom. The van der Waals surface area contributed by atoms with E-state index in [1.54, 1.807) is 45.0 Å². The Morgan fingerprint density at radius 1 is 1.05 bits per heavy atom. The molecule has 2 N–H and O–H groups in total. The molecule has 1 aliphatic rings. The molecule has 9 heteroatoms. The van der Waals surface area contributed by atoms with Crippen LogP contribution >= 0.6 is 0 Å². The maximum Gasteiger partial charge on any atom is 0.435 e. The molecule has 220 valence electrons. The summed E-state index contributed by atoms with van der Waals surface area (Å²) >= 11 is 0. The fourth-order valence-corrected chi connectivity index (χ4v) is 5.31. The zero-order valence-corrected chi connectivity index (χ0v) is 24.8. The van der Waals surface area contributed by atoms with E-state index in [4.69, 9.17) is 4.74 Å². The number of carbonyl (C=O) groups is 2. The van der Waals surface area contributed by atoms with Gasteiger partial charge >= 0.3 is 6.09 Å². The molecule has 1 saturated heterocycles. The molecule has 0 unspecified atom stereocenters. The summed E-state index contributed by atoms with van der Waals surface area (Å²) in [4.78, 5) is 28.8. The lowest BCUT2D eigenvalue weighted by Gasteiger charge is -2.29. The number of piperidine rings is 1. The minimum Gasteiger partial charge on any atom is -0.442 e. The molecule has 3 aromatic carbocycles. The van der Waals surface area contributed by atoms with Gasteiger partial charge in [-0.2, -0.15) is 4.68 Å². The van der Waals surface area contributed by atoms with Crippen molar-refractivity contribution in [3.8, 4) is 0 Å². The lowest BCUT2D eigenvalue weighted by Crippen LogP contribution is -2.29. The summed E-state index contributed by atoms with van der Waals surface area (Å²) < 4.78 is 21.4. The topological polar surface area (TPSA) is 88.5 Å². The highest BCUT2D eigenvalue weighted by atomic mass is 19.1. The van der Waals surface area contributed by atoms with E-state index >= 15 is 0 Å². The van der Waals surface area contributed by atoms with Crippen LogP contribution in [0.5, 0.6) is 0 Å². The van der Waals surface area contributed by atoms with Crippen LogP contribution in [0, 0.1) is 5.82 Å². The predicted octanol–water partition coefficient (Wildman–Crippen LogP) is 7.33. The Bertz CT molecular complexity index is 1600. The molecule has 0 radical (unpaired) electrons. The van der Waals surface area contributed by atoms with Crippen molar-refractivity contribution in [2.45, 2.75) is 58.5 Å². The molecule has 5 rings (SSSR count). The first-order chi connectivity index (χ1) is 20.0. The van der Waals surface area contributed by atoms with E-state index in [0.717, 1.165) is 36.2 Å². The van der Waals surface area contributed by atoms with E-state index in [1.807, 2.05) is 37.3 Å². The first kappa shape index (κ1) is 29.3. The number of carbonyl (C=O) groups excluding carboxylic acids is 2. The van der Waals surface area contributed by atoms with Gasteiger partial charge in [0.05, 0.1) is 11.2 Å². The molecule has 8 nitrogen and oxygen atoms in total. The van der Waals surface area contributed by atoms with Gasteiger partial charge < -0.3 is 20.3 Å². The Balaban J connectivity index is 1.44. The SMILES string of the molecule is CCc1cccc(F)c1Nc1ccc2c(NC(=O)c3ccc(C4CCN(C)CC4)cc3)nn(C(=O)OC(C)(C)C)c2c1. The predicted molar refractivity (Wildman–Crippen MR) is 164 cm³/mol. The molecule has 1 fully saturated rings. The van der Waals surface area contributed by atoms with E-state index in [9.17, 15) is 14.0 Å². The molecule has 4 aromatic rings. The summed E-state index contributed by atoms with van der Waals surface area (Å²) in [6, 6.07) is 17.9. The summed E-state index contributed by atoms with van der Waals surface area (Å²) in [6.07, 6.45) is 2.16. The van der Waals surface area contributed by atoms with Crippen molar-refractivity contribution in [1.82, 2.24) is 14.7 Å². The number of aryl methyl sites for hydroxylation is 1. The zero-order chi connectivity index (χ0) is 30.0. The number of anilines is 3. The summed E-state index contributed by atoms with van der Waals surface area (Å²) in [5.41, 5.74) is 3.15. The van der Waals surface area contributed by atoms with Crippen LogP contribution in [0.15, 0.2) is 60.7 Å². The van der Waals surface area contributed by atoms with Crippen LogP contribution in [0.1, 0.15) is 67.9 Å². The quantitative estimate of drug-likeness (QED) is 0.252. The zero-order valence-electron chi connectivity index (χ0n) is 24.8. The van der Waals surface area contributed by atoms with Crippen LogP contribution in [0.2, 0.25) is 0 Å². The maximum atomic E-state index is 14.7. The molecule has 0 bridgehead atoms. The summed E-state index contributed by atoms with van der Waals surface area (Å²) in [5, 5.41) is 11.0. The van der Waals surface area contributed by atoms with E-state index in [2.05, 4.69) is 27.7 Å². The summed E-state index contributed by atoms with van der Waals surface area (Å²) in [5.74, 6) is 0.0194. The fourth-order valence-electron chi connectivity index (χ4n) is 5.31. The highest BCUT2D eigenvalue weighted by Crippen LogP contribution is 2.31. The Hall–Kier alpha value is -4.24. The van der Waals surface area contributed by atoms with Crippen LogP contribution < -0.4 is 10.6 Å². The number of para-hydroxylation sites is 1. The Morgan fingerprint density at radius 3 is 2.43 bits per heavy atom. The van der Waals surface area contributed by atoms with Crippen LogP contribution in [-0.4, -0.2) is 52.4 Å². The molecule has 1 aromatic heterocycles. The minimum absolute atomic E-state index is 0.229. The Labute approximate surface area is 245 Å². The monoisotopic (exact) mass is 571 g/mol. The molecule has 0 atom stereocenters. The lowest BCUT2D eigenvalue weighted by atomic mass is 9.89. The molecule has 1 aliphatic heterocycles. The van der Waals surface area contributed by atoms with E-state index < -0.39 is 11.7 Å². The third-order valence-corrected chi connectivity index (χ3v) is 7.59. The number of nitrogens with one attached hydrogen (secondary N) is 2. The fraction of sp³-hybridized carbons (Fsp3) is 0.364. The highest BCUT2D eigenvalue weighted by molar-refractivity contribution is 6.09.